The van der Waals surface area contributed by atoms with Crippen LogP contribution in [0, 0.1) is 0 Å². The molecule has 2 aromatic carbocycles. The first-order valence-corrected chi connectivity index (χ1v) is 11.9. The second kappa shape index (κ2) is 10.7. The first-order chi connectivity index (χ1) is 14.5. The van der Waals surface area contributed by atoms with E-state index < -0.39 is 22.0 Å². The number of nitrogens with one attached hydrogen (secondary N) is 1. The molecule has 6 nitrogen and oxygen atoms in total. The fourth-order valence-electron chi connectivity index (χ4n) is 3.77. The highest BCUT2D eigenvalue weighted by molar-refractivity contribution is 7.89. The summed E-state index contributed by atoms with van der Waals surface area (Å²) >= 11 is 0. The molecule has 162 valence electrons. The number of carbonyl (C=O) groups is 1. The number of hydrogen-bond acceptors (Lipinski definition) is 5. The van der Waals surface area contributed by atoms with Gasteiger partial charge in [-0.3, -0.25) is 4.79 Å². The first kappa shape index (κ1) is 22.5. The number of carbonyl (C=O) groups excluding carboxylic acids is 1. The van der Waals surface area contributed by atoms with Crippen LogP contribution in [0.25, 0.3) is 0 Å². The fourth-order valence-corrected chi connectivity index (χ4v) is 5.42. The first-order valence-electron chi connectivity index (χ1n) is 10.5. The largest absolute Gasteiger partial charge is 0.468 e. The molecule has 0 spiro atoms. The normalized spacial score (nSPS) is 17.6. The van der Waals surface area contributed by atoms with Crippen molar-refractivity contribution in [3.05, 3.63) is 65.7 Å². The average molecular weight is 431 g/mol. The van der Waals surface area contributed by atoms with Gasteiger partial charge in [-0.05, 0) is 61.9 Å². The van der Waals surface area contributed by atoms with Crippen molar-refractivity contribution >= 4 is 16.0 Å². The molecule has 0 saturated carbocycles. The molecule has 7 heteroatoms. The topological polar surface area (TPSA) is 75.7 Å². The summed E-state index contributed by atoms with van der Waals surface area (Å²) in [5.41, 5.74) is 2.36. The van der Waals surface area contributed by atoms with Crippen molar-refractivity contribution in [1.82, 2.24) is 9.62 Å². The molecular formula is C23H30N2O4S. The molecule has 1 unspecified atom stereocenters. The van der Waals surface area contributed by atoms with Crippen LogP contribution in [0.5, 0.6) is 0 Å². The van der Waals surface area contributed by atoms with Crippen molar-refractivity contribution in [2.75, 3.05) is 20.2 Å². The minimum Gasteiger partial charge on any atom is -0.468 e. The molecule has 3 rings (SSSR count). The van der Waals surface area contributed by atoms with Crippen molar-refractivity contribution in [2.24, 2.45) is 0 Å². The number of benzene rings is 2. The van der Waals surface area contributed by atoms with Crippen LogP contribution in [0.15, 0.2) is 59.5 Å². The minimum absolute atomic E-state index is 0.214. The molecule has 0 aromatic heterocycles. The molecule has 1 saturated heterocycles. The summed E-state index contributed by atoms with van der Waals surface area (Å²) in [6.07, 6.45) is 4.14. The molecule has 1 fully saturated rings. The Balaban J connectivity index is 1.54. The minimum atomic E-state index is -3.73. The highest BCUT2D eigenvalue weighted by Crippen LogP contribution is 2.26. The second-order valence-corrected chi connectivity index (χ2v) is 9.45. The lowest BCUT2D eigenvalue weighted by Crippen LogP contribution is -2.48. The van der Waals surface area contributed by atoms with Gasteiger partial charge in [0.1, 0.15) is 6.04 Å². The monoisotopic (exact) mass is 430 g/mol. The van der Waals surface area contributed by atoms with E-state index in [2.05, 4.69) is 29.6 Å². The summed E-state index contributed by atoms with van der Waals surface area (Å²) in [7, 11) is -2.44. The van der Waals surface area contributed by atoms with Crippen molar-refractivity contribution in [3.8, 4) is 0 Å². The maximum atomic E-state index is 13.1. The van der Waals surface area contributed by atoms with Gasteiger partial charge in [0.25, 0.3) is 0 Å². The Labute approximate surface area is 179 Å². The summed E-state index contributed by atoms with van der Waals surface area (Å²) in [4.78, 5) is 12.2. The van der Waals surface area contributed by atoms with Crippen LogP contribution < -0.4 is 5.32 Å². The van der Waals surface area contributed by atoms with Crippen LogP contribution in [-0.4, -0.2) is 44.9 Å². The molecule has 0 aliphatic carbocycles. The van der Waals surface area contributed by atoms with E-state index in [0.29, 0.717) is 19.5 Å². The fraction of sp³-hybridized carbons (Fsp3) is 0.435. The Morgan fingerprint density at radius 1 is 1.07 bits per heavy atom. The highest BCUT2D eigenvalue weighted by Gasteiger charge is 2.38. The van der Waals surface area contributed by atoms with Crippen molar-refractivity contribution in [2.45, 2.75) is 49.6 Å². The van der Waals surface area contributed by atoms with E-state index >= 15 is 0 Å². The summed E-state index contributed by atoms with van der Waals surface area (Å²) < 4.78 is 32.2. The molecule has 1 aliphatic heterocycles. The number of nitrogens with zero attached hydrogens (tertiary/aromatic N) is 1. The van der Waals surface area contributed by atoms with Crippen LogP contribution in [-0.2, 0) is 32.5 Å². The Hall–Kier alpha value is -2.22. The lowest BCUT2D eigenvalue weighted by Gasteiger charge is -2.32. The average Bonchev–Trinajstić information content (AvgIpc) is 2.79. The molecule has 1 N–H and O–H groups in total. The summed E-state index contributed by atoms with van der Waals surface area (Å²) in [5, 5.41) is 3.40. The van der Waals surface area contributed by atoms with Gasteiger partial charge in [0.05, 0.1) is 12.0 Å². The molecular weight excluding hydrogens is 400 g/mol. The van der Waals surface area contributed by atoms with Gasteiger partial charge in [-0.2, -0.15) is 4.31 Å². The Bertz CT molecular complexity index is 914. The van der Waals surface area contributed by atoms with E-state index in [1.165, 1.54) is 17.0 Å². The van der Waals surface area contributed by atoms with Crippen LogP contribution in [0.3, 0.4) is 0 Å². The molecule has 1 atom stereocenters. The van der Waals surface area contributed by atoms with Gasteiger partial charge >= 0.3 is 5.97 Å². The number of esters is 1. The zero-order chi connectivity index (χ0) is 21.4. The highest BCUT2D eigenvalue weighted by atomic mass is 32.2. The number of ether oxygens (including phenoxy) is 1. The van der Waals surface area contributed by atoms with E-state index in [1.807, 2.05) is 18.2 Å². The number of hydrogen-bond donors (Lipinski definition) is 1. The van der Waals surface area contributed by atoms with E-state index in [9.17, 15) is 13.2 Å². The second-order valence-electron chi connectivity index (χ2n) is 7.56. The molecule has 1 heterocycles. The van der Waals surface area contributed by atoms with Gasteiger partial charge in [0.15, 0.2) is 0 Å². The van der Waals surface area contributed by atoms with Gasteiger partial charge in [0, 0.05) is 13.1 Å². The molecule has 0 bridgehead atoms. The maximum absolute atomic E-state index is 13.1. The van der Waals surface area contributed by atoms with E-state index in [-0.39, 0.29) is 4.90 Å². The molecule has 30 heavy (non-hydrogen) atoms. The lowest BCUT2D eigenvalue weighted by atomic mass is 10.1. The van der Waals surface area contributed by atoms with Gasteiger partial charge in [0.2, 0.25) is 10.0 Å². The van der Waals surface area contributed by atoms with E-state index in [1.54, 1.807) is 12.1 Å². The number of methoxy groups -OCH3 is 1. The van der Waals surface area contributed by atoms with Crippen molar-refractivity contribution in [3.63, 3.8) is 0 Å². The number of piperidine rings is 1. The summed E-state index contributed by atoms with van der Waals surface area (Å²) in [6.45, 7) is 1.92. The van der Waals surface area contributed by atoms with Gasteiger partial charge in [-0.25, -0.2) is 8.42 Å². The Kier molecular flexibility index (Phi) is 8.01. The number of sulfonamides is 1. The quantitative estimate of drug-likeness (QED) is 0.489. The van der Waals surface area contributed by atoms with Crippen molar-refractivity contribution in [1.29, 1.82) is 0 Å². The lowest BCUT2D eigenvalue weighted by molar-refractivity contribution is -0.146. The Morgan fingerprint density at radius 2 is 1.80 bits per heavy atom. The van der Waals surface area contributed by atoms with E-state index in [0.717, 1.165) is 37.8 Å². The standard InChI is InChI=1S/C23H30N2O4S/c1-29-23(26)22-11-5-6-17-25(22)30(27,28)21-14-12-20(13-15-21)18-24-16-7-10-19-8-3-2-4-9-19/h2-4,8-9,12-15,22,24H,5-7,10-11,16-18H2,1H3. The van der Waals surface area contributed by atoms with Gasteiger partial charge in [-0.15, -0.1) is 0 Å². The molecule has 0 radical (unpaired) electrons. The van der Waals surface area contributed by atoms with Gasteiger partial charge in [-0.1, -0.05) is 42.5 Å². The smallest absolute Gasteiger partial charge is 0.324 e. The molecule has 1 aliphatic rings. The summed E-state index contributed by atoms with van der Waals surface area (Å²) in [5.74, 6) is -0.491. The predicted molar refractivity (Wildman–Crippen MR) is 116 cm³/mol. The third-order valence-corrected chi connectivity index (χ3v) is 7.37. The summed E-state index contributed by atoms with van der Waals surface area (Å²) in [6, 6.07) is 16.6. The van der Waals surface area contributed by atoms with Crippen LogP contribution in [0.4, 0.5) is 0 Å². The Morgan fingerprint density at radius 3 is 2.50 bits per heavy atom. The molecule has 0 amide bonds. The zero-order valence-electron chi connectivity index (χ0n) is 17.4. The van der Waals surface area contributed by atoms with Crippen LogP contribution >= 0.6 is 0 Å². The van der Waals surface area contributed by atoms with E-state index in [4.69, 9.17) is 4.74 Å². The SMILES string of the molecule is COC(=O)C1CCCCN1S(=O)(=O)c1ccc(CNCCCc2ccccc2)cc1. The van der Waals surface area contributed by atoms with Gasteiger partial charge < -0.3 is 10.1 Å². The zero-order valence-corrected chi connectivity index (χ0v) is 18.2. The third-order valence-electron chi connectivity index (χ3n) is 5.45. The maximum Gasteiger partial charge on any atom is 0.324 e. The van der Waals surface area contributed by atoms with Crippen LogP contribution in [0.1, 0.15) is 36.8 Å². The molecule has 2 aromatic rings. The predicted octanol–water partition coefficient (Wildman–Crippen LogP) is 3.13. The number of rotatable bonds is 9. The van der Waals surface area contributed by atoms with Crippen molar-refractivity contribution < 1.29 is 17.9 Å². The third kappa shape index (κ3) is 5.68. The van der Waals surface area contributed by atoms with Crippen LogP contribution in [0.2, 0.25) is 0 Å². The number of aryl methyl sites for hydroxylation is 1.